The van der Waals surface area contributed by atoms with E-state index in [2.05, 4.69) is 4.90 Å². The Morgan fingerprint density at radius 1 is 1.32 bits per heavy atom. The molecule has 0 radical (unpaired) electrons. The fourth-order valence-electron chi connectivity index (χ4n) is 3.09. The lowest BCUT2D eigenvalue weighted by atomic mass is 9.87. The van der Waals surface area contributed by atoms with Gasteiger partial charge in [0.2, 0.25) is 0 Å². The smallest absolute Gasteiger partial charge is 0.123 e. The fraction of sp³-hybridized carbons (Fsp3) is 0.600. The molecule has 1 unspecified atom stereocenters. The molecule has 2 N–H and O–H groups in total. The van der Waals surface area contributed by atoms with E-state index in [0.29, 0.717) is 0 Å². The summed E-state index contributed by atoms with van der Waals surface area (Å²) in [5, 5.41) is 0. The van der Waals surface area contributed by atoms with E-state index in [0.717, 1.165) is 50.4 Å². The fourth-order valence-corrected chi connectivity index (χ4v) is 3.09. The van der Waals surface area contributed by atoms with Gasteiger partial charge in [0.05, 0.1) is 13.2 Å². The number of rotatable bonds is 3. The van der Waals surface area contributed by atoms with Gasteiger partial charge < -0.3 is 15.4 Å². The zero-order chi connectivity index (χ0) is 13.5. The van der Waals surface area contributed by atoms with Crippen LogP contribution in [0.2, 0.25) is 0 Å². The van der Waals surface area contributed by atoms with Crippen molar-refractivity contribution >= 4 is 5.69 Å². The third kappa shape index (κ3) is 2.23. The Balaban J connectivity index is 2.00. The quantitative estimate of drug-likeness (QED) is 0.908. The van der Waals surface area contributed by atoms with Crippen LogP contribution in [-0.2, 0) is 10.2 Å². The molecule has 1 heterocycles. The number of nitrogens with zero attached hydrogens (tertiary/aromatic N) is 1. The first kappa shape index (κ1) is 12.9. The lowest BCUT2D eigenvalue weighted by molar-refractivity contribution is 0.122. The summed E-state index contributed by atoms with van der Waals surface area (Å²) in [6, 6.07) is 5.19. The molecule has 1 atom stereocenters. The Kier molecular flexibility index (Phi) is 3.23. The van der Waals surface area contributed by atoms with E-state index in [1.807, 2.05) is 13.0 Å². The first-order valence-corrected chi connectivity index (χ1v) is 7.02. The van der Waals surface area contributed by atoms with Crippen LogP contribution >= 0.6 is 0 Å². The van der Waals surface area contributed by atoms with E-state index in [1.165, 1.54) is 0 Å². The minimum atomic E-state index is -0.168. The Hall–Kier alpha value is -1.13. The van der Waals surface area contributed by atoms with Gasteiger partial charge in [0.1, 0.15) is 5.82 Å². The maximum Gasteiger partial charge on any atom is 0.123 e. The number of anilines is 1. The van der Waals surface area contributed by atoms with E-state index in [1.54, 1.807) is 12.1 Å². The molecular weight excluding hydrogens is 243 g/mol. The van der Waals surface area contributed by atoms with E-state index in [-0.39, 0.29) is 17.3 Å². The van der Waals surface area contributed by atoms with Crippen LogP contribution < -0.4 is 10.6 Å². The van der Waals surface area contributed by atoms with E-state index in [9.17, 15) is 4.39 Å². The van der Waals surface area contributed by atoms with Crippen molar-refractivity contribution in [2.45, 2.75) is 31.2 Å². The van der Waals surface area contributed by atoms with Crippen LogP contribution in [0.1, 0.15) is 25.3 Å². The normalized spacial score (nSPS) is 23.2. The second kappa shape index (κ2) is 4.76. The van der Waals surface area contributed by atoms with Gasteiger partial charge >= 0.3 is 0 Å². The van der Waals surface area contributed by atoms with Crippen LogP contribution in [0.15, 0.2) is 18.2 Å². The Bertz CT molecular complexity index is 465. The monoisotopic (exact) mass is 264 g/mol. The van der Waals surface area contributed by atoms with E-state index in [4.69, 9.17) is 10.5 Å². The molecule has 0 bridgehead atoms. The van der Waals surface area contributed by atoms with Crippen molar-refractivity contribution < 1.29 is 9.13 Å². The number of hydrogen-bond acceptors (Lipinski definition) is 3. The second-order valence-electron chi connectivity index (χ2n) is 5.71. The zero-order valence-corrected chi connectivity index (χ0v) is 11.4. The predicted molar refractivity (Wildman–Crippen MR) is 74.0 cm³/mol. The van der Waals surface area contributed by atoms with Crippen molar-refractivity contribution in [3.63, 3.8) is 0 Å². The van der Waals surface area contributed by atoms with Gasteiger partial charge in [0, 0.05) is 30.2 Å². The van der Waals surface area contributed by atoms with Gasteiger partial charge in [-0.05, 0) is 43.5 Å². The molecule has 0 spiro atoms. The SMILES string of the molecule is CC(N)C1(c2cc(F)ccc2N2CCOCC2)CC1. The number of hydrogen-bond donors (Lipinski definition) is 1. The topological polar surface area (TPSA) is 38.5 Å². The van der Waals surface area contributed by atoms with Crippen molar-refractivity contribution in [3.05, 3.63) is 29.6 Å². The maximum absolute atomic E-state index is 13.7. The van der Waals surface area contributed by atoms with Crippen molar-refractivity contribution in [1.29, 1.82) is 0 Å². The molecule has 19 heavy (non-hydrogen) atoms. The van der Waals surface area contributed by atoms with Crippen LogP contribution in [0.5, 0.6) is 0 Å². The molecule has 1 aliphatic heterocycles. The summed E-state index contributed by atoms with van der Waals surface area (Å²) in [6.45, 7) is 5.24. The summed E-state index contributed by atoms with van der Waals surface area (Å²) in [5.74, 6) is -0.168. The number of ether oxygens (including phenoxy) is 1. The second-order valence-corrected chi connectivity index (χ2v) is 5.71. The molecule has 0 amide bonds. The molecule has 1 aliphatic carbocycles. The highest BCUT2D eigenvalue weighted by atomic mass is 19.1. The van der Waals surface area contributed by atoms with Gasteiger partial charge in [0.15, 0.2) is 0 Å². The highest BCUT2D eigenvalue weighted by molar-refractivity contribution is 5.59. The maximum atomic E-state index is 13.7. The van der Waals surface area contributed by atoms with Gasteiger partial charge in [-0.3, -0.25) is 0 Å². The zero-order valence-electron chi connectivity index (χ0n) is 11.4. The third-order valence-corrected chi connectivity index (χ3v) is 4.51. The Morgan fingerprint density at radius 3 is 2.58 bits per heavy atom. The summed E-state index contributed by atoms with van der Waals surface area (Å²) in [7, 11) is 0. The van der Waals surface area contributed by atoms with Gasteiger partial charge in [-0.1, -0.05) is 0 Å². The van der Waals surface area contributed by atoms with E-state index < -0.39 is 0 Å². The van der Waals surface area contributed by atoms with Crippen LogP contribution in [0, 0.1) is 5.82 Å². The van der Waals surface area contributed by atoms with Crippen molar-refractivity contribution in [2.24, 2.45) is 5.73 Å². The first-order valence-electron chi connectivity index (χ1n) is 7.02. The van der Waals surface area contributed by atoms with Crippen LogP contribution in [0.3, 0.4) is 0 Å². The molecule has 0 aromatic heterocycles. The lowest BCUT2D eigenvalue weighted by Gasteiger charge is -2.33. The molecule has 1 saturated carbocycles. The lowest BCUT2D eigenvalue weighted by Crippen LogP contribution is -2.39. The summed E-state index contributed by atoms with van der Waals surface area (Å²) < 4.78 is 19.0. The van der Waals surface area contributed by atoms with Gasteiger partial charge in [-0.15, -0.1) is 0 Å². The standard InChI is InChI=1S/C15H21FN2O/c1-11(17)15(4-5-15)13-10-12(16)2-3-14(13)18-6-8-19-9-7-18/h2-3,10-11H,4-9,17H2,1H3. The number of benzene rings is 1. The molecule has 1 saturated heterocycles. The molecule has 4 heteroatoms. The molecule has 2 fully saturated rings. The number of nitrogens with two attached hydrogens (primary N) is 1. The average molecular weight is 264 g/mol. The first-order chi connectivity index (χ1) is 9.13. The highest BCUT2D eigenvalue weighted by Crippen LogP contribution is 2.53. The Morgan fingerprint density at radius 2 is 2.00 bits per heavy atom. The molecule has 1 aromatic rings. The van der Waals surface area contributed by atoms with Crippen LogP contribution in [0.25, 0.3) is 0 Å². The third-order valence-electron chi connectivity index (χ3n) is 4.51. The van der Waals surface area contributed by atoms with Crippen molar-refractivity contribution in [2.75, 3.05) is 31.2 Å². The minimum absolute atomic E-state index is 0.0181. The van der Waals surface area contributed by atoms with E-state index >= 15 is 0 Å². The predicted octanol–water partition coefficient (Wildman–Crippen LogP) is 2.04. The molecule has 1 aromatic carbocycles. The largest absolute Gasteiger partial charge is 0.378 e. The van der Waals surface area contributed by atoms with Crippen molar-refractivity contribution in [3.8, 4) is 0 Å². The van der Waals surface area contributed by atoms with Crippen molar-refractivity contribution in [1.82, 2.24) is 0 Å². The summed E-state index contributed by atoms with van der Waals surface area (Å²) in [6.07, 6.45) is 2.12. The average Bonchev–Trinajstić information content (AvgIpc) is 3.21. The molecule has 104 valence electrons. The summed E-state index contributed by atoms with van der Waals surface area (Å²) >= 11 is 0. The van der Waals surface area contributed by atoms with Crippen LogP contribution in [0.4, 0.5) is 10.1 Å². The number of morpholine rings is 1. The Labute approximate surface area is 113 Å². The van der Waals surface area contributed by atoms with Gasteiger partial charge in [-0.2, -0.15) is 0 Å². The molecule has 3 nitrogen and oxygen atoms in total. The molecule has 3 rings (SSSR count). The number of halogens is 1. The minimum Gasteiger partial charge on any atom is -0.378 e. The highest BCUT2D eigenvalue weighted by Gasteiger charge is 2.49. The summed E-state index contributed by atoms with van der Waals surface area (Å²) in [4.78, 5) is 2.29. The molecular formula is C15H21FN2O. The molecule has 2 aliphatic rings. The van der Waals surface area contributed by atoms with Crippen LogP contribution in [-0.4, -0.2) is 32.3 Å². The van der Waals surface area contributed by atoms with Gasteiger partial charge in [0.25, 0.3) is 0 Å². The summed E-state index contributed by atoms with van der Waals surface area (Å²) in [5.41, 5.74) is 8.36. The van der Waals surface area contributed by atoms with Gasteiger partial charge in [-0.25, -0.2) is 4.39 Å².